The third-order valence-corrected chi connectivity index (χ3v) is 2.81. The summed E-state index contributed by atoms with van der Waals surface area (Å²) >= 11 is 0. The summed E-state index contributed by atoms with van der Waals surface area (Å²) in [6, 6.07) is 0. The van der Waals surface area contributed by atoms with E-state index in [1.54, 1.807) is 0 Å². The van der Waals surface area contributed by atoms with Gasteiger partial charge in [-0.2, -0.15) is 0 Å². The molecule has 1 saturated heterocycles. The Labute approximate surface area is 76.8 Å². The zero-order valence-corrected chi connectivity index (χ0v) is 7.41. The van der Waals surface area contributed by atoms with E-state index in [2.05, 4.69) is 6.58 Å². The summed E-state index contributed by atoms with van der Waals surface area (Å²) in [6.45, 7) is 3.67. The second kappa shape index (κ2) is 2.98. The number of Topliss-reactive ketones (excluding diaryl/α,β-unsaturated/α-hetero) is 1. The maximum Gasteiger partial charge on any atom is 0.334 e. The lowest BCUT2D eigenvalue weighted by atomic mass is 9.92. The maximum atomic E-state index is 11.5. The fourth-order valence-corrected chi connectivity index (χ4v) is 2.03. The lowest BCUT2D eigenvalue weighted by molar-refractivity contribution is -0.146. The standard InChI is InChI=1S/C10H12O3/c1-6-7-4-2-3-5-8(11)9(7)13-10(6)12/h7,9H,1-5H2. The fourth-order valence-electron chi connectivity index (χ4n) is 2.03. The van der Waals surface area contributed by atoms with Crippen LogP contribution in [0.4, 0.5) is 0 Å². The highest BCUT2D eigenvalue weighted by atomic mass is 16.6. The van der Waals surface area contributed by atoms with Crippen LogP contribution in [-0.4, -0.2) is 17.9 Å². The van der Waals surface area contributed by atoms with Crippen molar-refractivity contribution in [2.75, 3.05) is 0 Å². The molecule has 0 bridgehead atoms. The number of carbonyl (C=O) groups excluding carboxylic acids is 2. The molecule has 2 rings (SSSR count). The zero-order valence-electron chi connectivity index (χ0n) is 7.41. The number of ketones is 1. The highest BCUT2D eigenvalue weighted by Gasteiger charge is 2.43. The average Bonchev–Trinajstić information content (AvgIpc) is 2.30. The van der Waals surface area contributed by atoms with Gasteiger partial charge in [0, 0.05) is 17.9 Å². The lowest BCUT2D eigenvalue weighted by Crippen LogP contribution is -2.24. The van der Waals surface area contributed by atoms with E-state index in [0.717, 1.165) is 19.3 Å². The van der Waals surface area contributed by atoms with Crippen molar-refractivity contribution in [1.29, 1.82) is 0 Å². The number of carbonyl (C=O) groups is 2. The summed E-state index contributed by atoms with van der Waals surface area (Å²) < 4.78 is 4.98. The first-order valence-electron chi connectivity index (χ1n) is 4.62. The molecule has 2 fully saturated rings. The summed E-state index contributed by atoms with van der Waals surface area (Å²) in [6.07, 6.45) is 2.80. The Morgan fingerprint density at radius 3 is 2.85 bits per heavy atom. The molecule has 70 valence electrons. The molecule has 0 aromatic rings. The van der Waals surface area contributed by atoms with Gasteiger partial charge in [0.15, 0.2) is 11.9 Å². The van der Waals surface area contributed by atoms with Crippen molar-refractivity contribution < 1.29 is 14.3 Å². The number of hydrogen-bond donors (Lipinski definition) is 0. The highest BCUT2D eigenvalue weighted by molar-refractivity contribution is 5.97. The number of esters is 1. The Morgan fingerprint density at radius 1 is 1.31 bits per heavy atom. The second-order valence-corrected chi connectivity index (χ2v) is 3.67. The van der Waals surface area contributed by atoms with E-state index >= 15 is 0 Å². The number of rotatable bonds is 0. The molecule has 0 aromatic carbocycles. The molecule has 1 aliphatic carbocycles. The van der Waals surface area contributed by atoms with E-state index in [1.165, 1.54) is 0 Å². The average molecular weight is 180 g/mol. The summed E-state index contributed by atoms with van der Waals surface area (Å²) in [5, 5.41) is 0. The van der Waals surface area contributed by atoms with Gasteiger partial charge in [-0.3, -0.25) is 4.79 Å². The molecular formula is C10H12O3. The fraction of sp³-hybridized carbons (Fsp3) is 0.600. The minimum atomic E-state index is -0.512. The molecule has 2 aliphatic rings. The van der Waals surface area contributed by atoms with Crippen LogP contribution in [0.15, 0.2) is 12.2 Å². The molecule has 13 heavy (non-hydrogen) atoms. The topological polar surface area (TPSA) is 43.4 Å². The Balaban J connectivity index is 2.25. The number of fused-ring (bicyclic) bond motifs is 1. The van der Waals surface area contributed by atoms with Gasteiger partial charge in [-0.05, 0) is 12.8 Å². The predicted molar refractivity (Wildman–Crippen MR) is 46.0 cm³/mol. The van der Waals surface area contributed by atoms with Gasteiger partial charge in [0.05, 0.1) is 0 Å². The molecule has 2 unspecified atom stereocenters. The third kappa shape index (κ3) is 1.28. The van der Waals surface area contributed by atoms with E-state index in [4.69, 9.17) is 4.74 Å². The van der Waals surface area contributed by atoms with Crippen molar-refractivity contribution in [3.63, 3.8) is 0 Å². The second-order valence-electron chi connectivity index (χ2n) is 3.67. The summed E-state index contributed by atoms with van der Waals surface area (Å²) in [5.74, 6) is -0.359. The Hall–Kier alpha value is -1.12. The molecule has 0 aromatic heterocycles. The molecule has 0 N–H and O–H groups in total. The van der Waals surface area contributed by atoms with Crippen LogP contribution in [0.3, 0.4) is 0 Å². The summed E-state index contributed by atoms with van der Waals surface area (Å²) in [4.78, 5) is 22.6. The first-order chi connectivity index (χ1) is 6.20. The van der Waals surface area contributed by atoms with Crippen LogP contribution in [0.1, 0.15) is 25.7 Å². The number of hydrogen-bond acceptors (Lipinski definition) is 3. The van der Waals surface area contributed by atoms with E-state index in [0.29, 0.717) is 12.0 Å². The van der Waals surface area contributed by atoms with Gasteiger partial charge in [0.25, 0.3) is 0 Å². The van der Waals surface area contributed by atoms with Crippen molar-refractivity contribution in [3.8, 4) is 0 Å². The molecule has 0 radical (unpaired) electrons. The van der Waals surface area contributed by atoms with Gasteiger partial charge < -0.3 is 4.74 Å². The van der Waals surface area contributed by atoms with Gasteiger partial charge in [0.1, 0.15) is 0 Å². The van der Waals surface area contributed by atoms with E-state index in [-0.39, 0.29) is 17.7 Å². The first-order valence-corrected chi connectivity index (χ1v) is 4.62. The normalized spacial score (nSPS) is 34.0. The SMILES string of the molecule is C=C1C(=O)OC2C(=O)CCCCC12. The Bertz CT molecular complexity index is 280. The van der Waals surface area contributed by atoms with Crippen LogP contribution in [0.25, 0.3) is 0 Å². The van der Waals surface area contributed by atoms with Gasteiger partial charge in [-0.1, -0.05) is 13.0 Å². The van der Waals surface area contributed by atoms with Crippen LogP contribution in [0.5, 0.6) is 0 Å². The van der Waals surface area contributed by atoms with Crippen molar-refractivity contribution in [2.45, 2.75) is 31.8 Å². The molecule has 2 atom stereocenters. The molecular weight excluding hydrogens is 168 g/mol. The molecule has 1 saturated carbocycles. The molecule has 1 aliphatic heterocycles. The van der Waals surface area contributed by atoms with Crippen molar-refractivity contribution in [2.24, 2.45) is 5.92 Å². The van der Waals surface area contributed by atoms with Crippen LogP contribution in [0, 0.1) is 5.92 Å². The summed E-state index contributed by atoms with van der Waals surface area (Å²) in [7, 11) is 0. The molecule has 3 heteroatoms. The minimum absolute atomic E-state index is 0.0394. The highest BCUT2D eigenvalue weighted by Crippen LogP contribution is 2.34. The summed E-state index contributed by atoms with van der Waals surface area (Å²) in [5.41, 5.74) is 0.486. The molecule has 0 amide bonds. The van der Waals surface area contributed by atoms with Crippen LogP contribution in [0.2, 0.25) is 0 Å². The Kier molecular flexibility index (Phi) is 1.94. The number of ether oxygens (including phenoxy) is 1. The van der Waals surface area contributed by atoms with E-state index < -0.39 is 6.10 Å². The van der Waals surface area contributed by atoms with Gasteiger partial charge in [0.2, 0.25) is 0 Å². The van der Waals surface area contributed by atoms with Crippen molar-refractivity contribution >= 4 is 11.8 Å². The third-order valence-electron chi connectivity index (χ3n) is 2.81. The predicted octanol–water partition coefficient (Wildman–Crippen LogP) is 1.23. The van der Waals surface area contributed by atoms with Crippen LogP contribution in [-0.2, 0) is 14.3 Å². The van der Waals surface area contributed by atoms with Crippen LogP contribution >= 0.6 is 0 Å². The zero-order chi connectivity index (χ0) is 9.42. The van der Waals surface area contributed by atoms with E-state index in [9.17, 15) is 9.59 Å². The van der Waals surface area contributed by atoms with Gasteiger partial charge >= 0.3 is 5.97 Å². The van der Waals surface area contributed by atoms with E-state index in [1.807, 2.05) is 0 Å². The first kappa shape index (κ1) is 8.48. The van der Waals surface area contributed by atoms with Gasteiger partial charge in [-0.25, -0.2) is 4.79 Å². The largest absolute Gasteiger partial charge is 0.450 e. The van der Waals surface area contributed by atoms with Crippen molar-refractivity contribution in [1.82, 2.24) is 0 Å². The quantitative estimate of drug-likeness (QED) is 0.416. The maximum absolute atomic E-state index is 11.5. The monoisotopic (exact) mass is 180 g/mol. The Morgan fingerprint density at radius 2 is 2.08 bits per heavy atom. The minimum Gasteiger partial charge on any atom is -0.450 e. The molecule has 3 nitrogen and oxygen atoms in total. The van der Waals surface area contributed by atoms with Gasteiger partial charge in [-0.15, -0.1) is 0 Å². The molecule has 0 spiro atoms. The lowest BCUT2D eigenvalue weighted by Gasteiger charge is -2.11. The van der Waals surface area contributed by atoms with Crippen molar-refractivity contribution in [3.05, 3.63) is 12.2 Å². The van der Waals surface area contributed by atoms with Crippen LogP contribution < -0.4 is 0 Å². The smallest absolute Gasteiger partial charge is 0.334 e. The molecule has 1 heterocycles.